The van der Waals surface area contributed by atoms with Crippen molar-refractivity contribution in [3.05, 3.63) is 64.7 Å². The number of carbonyl (C=O) groups excluding carboxylic acids is 2. The van der Waals surface area contributed by atoms with Crippen LogP contribution >= 0.6 is 11.8 Å². The average molecular weight is 440 g/mol. The molecule has 2 aromatic rings. The van der Waals surface area contributed by atoms with Crippen LogP contribution in [0.15, 0.2) is 42.5 Å². The summed E-state index contributed by atoms with van der Waals surface area (Å²) in [6.45, 7) is 5.48. The third kappa shape index (κ3) is 6.03. The molecule has 31 heavy (non-hydrogen) atoms. The minimum absolute atomic E-state index is 0.120. The first kappa shape index (κ1) is 23.2. The van der Waals surface area contributed by atoms with Crippen LogP contribution in [0.25, 0.3) is 0 Å². The van der Waals surface area contributed by atoms with Gasteiger partial charge in [-0.15, -0.1) is 11.8 Å². The first-order chi connectivity index (χ1) is 14.9. The number of aryl methyl sites for hydroxylation is 2. The van der Waals surface area contributed by atoms with E-state index in [9.17, 15) is 9.59 Å². The molecule has 3 rings (SSSR count). The highest BCUT2D eigenvalue weighted by atomic mass is 32.2. The topological polar surface area (TPSA) is 66.6 Å². The lowest BCUT2D eigenvalue weighted by atomic mass is 10.0. The van der Waals surface area contributed by atoms with Gasteiger partial charge in [-0.1, -0.05) is 42.8 Å². The molecule has 0 saturated heterocycles. The van der Waals surface area contributed by atoms with Crippen molar-refractivity contribution in [1.82, 2.24) is 4.90 Å². The Morgan fingerprint density at radius 2 is 1.87 bits per heavy atom. The summed E-state index contributed by atoms with van der Waals surface area (Å²) in [6.07, 6.45) is 3.54. The minimum Gasteiger partial charge on any atom is -0.369 e. The fraction of sp³-hybridized carbons (Fsp3) is 0.440. The third-order valence-electron chi connectivity index (χ3n) is 5.64. The number of rotatable bonds is 10. The second-order valence-corrected chi connectivity index (χ2v) is 9.63. The van der Waals surface area contributed by atoms with Gasteiger partial charge in [0.15, 0.2) is 0 Å². The van der Waals surface area contributed by atoms with E-state index in [0.717, 1.165) is 53.9 Å². The van der Waals surface area contributed by atoms with E-state index in [-0.39, 0.29) is 17.1 Å². The fourth-order valence-electron chi connectivity index (χ4n) is 3.93. The van der Waals surface area contributed by atoms with Crippen LogP contribution < -0.4 is 10.6 Å². The van der Waals surface area contributed by atoms with Gasteiger partial charge in [0.05, 0.1) is 23.2 Å². The van der Waals surface area contributed by atoms with E-state index in [1.807, 2.05) is 31.0 Å². The first-order valence-electron chi connectivity index (χ1n) is 11.0. The van der Waals surface area contributed by atoms with E-state index in [0.29, 0.717) is 13.1 Å². The molecule has 1 aliphatic heterocycles. The van der Waals surface area contributed by atoms with Crippen molar-refractivity contribution in [2.45, 2.75) is 44.8 Å². The molecule has 166 valence electrons. The monoisotopic (exact) mass is 439 g/mol. The lowest BCUT2D eigenvalue weighted by molar-refractivity contribution is -0.117. The maximum atomic E-state index is 12.9. The summed E-state index contributed by atoms with van der Waals surface area (Å²) in [5.41, 5.74) is 10.8. The number of amides is 2. The number of primary amides is 1. The molecule has 2 aromatic carbocycles. The van der Waals surface area contributed by atoms with Crippen molar-refractivity contribution in [3.63, 3.8) is 0 Å². The number of carbonyl (C=O) groups is 2. The molecule has 0 radical (unpaired) electrons. The zero-order chi connectivity index (χ0) is 22.4. The molecule has 1 heterocycles. The van der Waals surface area contributed by atoms with Crippen LogP contribution in [-0.4, -0.2) is 48.0 Å². The number of hydrogen-bond donors (Lipinski definition) is 1. The van der Waals surface area contributed by atoms with E-state index in [4.69, 9.17) is 5.73 Å². The molecule has 0 spiro atoms. The number of nitrogens with zero attached hydrogens (tertiary/aromatic N) is 2. The van der Waals surface area contributed by atoms with Crippen molar-refractivity contribution >= 4 is 29.3 Å². The van der Waals surface area contributed by atoms with Gasteiger partial charge >= 0.3 is 0 Å². The maximum absolute atomic E-state index is 12.9. The number of benzene rings is 2. The Morgan fingerprint density at radius 3 is 2.55 bits per heavy atom. The van der Waals surface area contributed by atoms with Gasteiger partial charge in [-0.2, -0.15) is 0 Å². The number of nitrogens with two attached hydrogens (primary N) is 1. The van der Waals surface area contributed by atoms with Gasteiger partial charge in [-0.3, -0.25) is 9.59 Å². The highest BCUT2D eigenvalue weighted by Gasteiger charge is 2.26. The van der Waals surface area contributed by atoms with E-state index in [1.165, 1.54) is 5.56 Å². The molecule has 2 N–H and O–H groups in total. The standard InChI is InChI=1S/C25H33N3O2S/c1-4-14-31-23(24(26)29)16-20-10-8-19(9-11-20)6-5-13-28-17-27(3)22-12-7-18(2)15-21(22)25(28)30/h7-12,15,23H,4-6,13-14,16-17H2,1-3H3,(H2,26,29). The summed E-state index contributed by atoms with van der Waals surface area (Å²) in [4.78, 5) is 28.6. The predicted octanol–water partition coefficient (Wildman–Crippen LogP) is 4.02. The van der Waals surface area contributed by atoms with Crippen molar-refractivity contribution in [2.75, 3.05) is 30.9 Å². The molecule has 0 fully saturated rings. The highest BCUT2D eigenvalue weighted by molar-refractivity contribution is 8.00. The van der Waals surface area contributed by atoms with Crippen molar-refractivity contribution < 1.29 is 9.59 Å². The molecule has 5 nitrogen and oxygen atoms in total. The first-order valence-corrected chi connectivity index (χ1v) is 12.0. The fourth-order valence-corrected chi connectivity index (χ4v) is 4.92. The highest BCUT2D eigenvalue weighted by Crippen LogP contribution is 2.27. The van der Waals surface area contributed by atoms with Crippen LogP contribution in [0.1, 0.15) is 46.8 Å². The molecular formula is C25H33N3O2S. The van der Waals surface area contributed by atoms with Gasteiger partial charge in [-0.05, 0) is 61.6 Å². The Bertz CT molecular complexity index is 913. The molecule has 1 aliphatic rings. The Kier molecular flexibility index (Phi) is 8.02. The molecule has 0 bridgehead atoms. The summed E-state index contributed by atoms with van der Waals surface area (Å²) in [5, 5.41) is -0.167. The van der Waals surface area contributed by atoms with E-state index < -0.39 is 0 Å². The van der Waals surface area contributed by atoms with Gasteiger partial charge in [0.25, 0.3) is 5.91 Å². The zero-order valence-electron chi connectivity index (χ0n) is 18.8. The zero-order valence-corrected chi connectivity index (χ0v) is 19.6. The van der Waals surface area contributed by atoms with Gasteiger partial charge in [-0.25, -0.2) is 0 Å². The molecule has 0 saturated carbocycles. The van der Waals surface area contributed by atoms with Gasteiger partial charge in [0.2, 0.25) is 5.91 Å². The van der Waals surface area contributed by atoms with Crippen LogP contribution in [0.3, 0.4) is 0 Å². The quantitative estimate of drug-likeness (QED) is 0.607. The molecule has 2 amide bonds. The third-order valence-corrected chi connectivity index (χ3v) is 7.09. The Labute approximate surface area is 190 Å². The summed E-state index contributed by atoms with van der Waals surface area (Å²) in [7, 11) is 2.03. The lowest BCUT2D eigenvalue weighted by Crippen LogP contribution is -2.45. The van der Waals surface area contributed by atoms with Crippen LogP contribution in [0.2, 0.25) is 0 Å². The Morgan fingerprint density at radius 1 is 1.16 bits per heavy atom. The van der Waals surface area contributed by atoms with Crippen molar-refractivity contribution in [2.24, 2.45) is 5.73 Å². The predicted molar refractivity (Wildman–Crippen MR) is 130 cm³/mol. The second kappa shape index (κ2) is 10.7. The van der Waals surface area contributed by atoms with E-state index >= 15 is 0 Å². The maximum Gasteiger partial charge on any atom is 0.257 e. The summed E-state index contributed by atoms with van der Waals surface area (Å²) < 4.78 is 0. The smallest absolute Gasteiger partial charge is 0.257 e. The molecule has 0 aliphatic carbocycles. The summed E-state index contributed by atoms with van der Waals surface area (Å²) in [6, 6.07) is 14.5. The minimum atomic E-state index is -0.240. The number of hydrogen-bond acceptors (Lipinski definition) is 4. The van der Waals surface area contributed by atoms with Gasteiger partial charge < -0.3 is 15.5 Å². The van der Waals surface area contributed by atoms with Gasteiger partial charge in [0.1, 0.15) is 0 Å². The number of thioether (sulfide) groups is 1. The van der Waals surface area contributed by atoms with Crippen molar-refractivity contribution in [1.29, 1.82) is 0 Å². The number of anilines is 1. The lowest BCUT2D eigenvalue weighted by Gasteiger charge is -2.36. The second-order valence-electron chi connectivity index (χ2n) is 8.31. The summed E-state index contributed by atoms with van der Waals surface area (Å²) >= 11 is 1.64. The van der Waals surface area contributed by atoms with Crippen LogP contribution in [-0.2, 0) is 17.6 Å². The Balaban J connectivity index is 1.53. The molecule has 1 atom stereocenters. The number of fused-ring (bicyclic) bond motifs is 1. The Hall–Kier alpha value is -2.47. The van der Waals surface area contributed by atoms with Crippen LogP contribution in [0.5, 0.6) is 0 Å². The van der Waals surface area contributed by atoms with Gasteiger partial charge in [0, 0.05) is 13.6 Å². The average Bonchev–Trinajstić information content (AvgIpc) is 2.75. The molecule has 1 unspecified atom stereocenters. The van der Waals surface area contributed by atoms with Crippen LogP contribution in [0, 0.1) is 6.92 Å². The molecule has 6 heteroatoms. The molecule has 0 aromatic heterocycles. The summed E-state index contributed by atoms with van der Waals surface area (Å²) in [5.74, 6) is 0.824. The van der Waals surface area contributed by atoms with Crippen LogP contribution in [0.4, 0.5) is 5.69 Å². The van der Waals surface area contributed by atoms with Crippen molar-refractivity contribution in [3.8, 4) is 0 Å². The van der Waals surface area contributed by atoms with E-state index in [2.05, 4.69) is 42.2 Å². The molecular weight excluding hydrogens is 406 g/mol. The SMILES string of the molecule is CCCSC(Cc1ccc(CCCN2CN(C)c3ccc(C)cc3C2=O)cc1)C(N)=O. The normalized spacial score (nSPS) is 14.5. The van der Waals surface area contributed by atoms with E-state index in [1.54, 1.807) is 11.8 Å². The largest absolute Gasteiger partial charge is 0.369 e.